The van der Waals surface area contributed by atoms with E-state index in [-0.39, 0.29) is 36.0 Å². The van der Waals surface area contributed by atoms with Crippen LogP contribution < -0.4 is 24.0 Å². The van der Waals surface area contributed by atoms with E-state index in [0.717, 1.165) is 13.0 Å². The van der Waals surface area contributed by atoms with Crippen molar-refractivity contribution in [3.05, 3.63) is 29.8 Å². The Bertz CT molecular complexity index is 438. The van der Waals surface area contributed by atoms with Crippen LogP contribution in [0.4, 0.5) is 5.69 Å². The second kappa shape index (κ2) is 5.48. The summed E-state index contributed by atoms with van der Waals surface area (Å²) in [7, 11) is 0. The number of halogens is 1. The molecule has 0 amide bonds. The predicted molar refractivity (Wildman–Crippen MR) is 66.6 cm³/mol. The van der Waals surface area contributed by atoms with Gasteiger partial charge in [0.2, 0.25) is 5.69 Å². The number of nitrogens with zero attached hydrogens (tertiary/aromatic N) is 1. The molecule has 0 aliphatic carbocycles. The molecule has 3 heteroatoms. The van der Waals surface area contributed by atoms with Gasteiger partial charge in [0.1, 0.15) is 0 Å². The lowest BCUT2D eigenvalue weighted by Crippen LogP contribution is -3.00. The van der Waals surface area contributed by atoms with E-state index >= 15 is 0 Å². The normalized spacial score (nSPS) is 16.7. The van der Waals surface area contributed by atoms with Gasteiger partial charge >= 0.3 is 0 Å². The molecule has 94 valence electrons. The van der Waals surface area contributed by atoms with E-state index in [1.165, 1.54) is 17.0 Å². The minimum atomic E-state index is 0. The van der Waals surface area contributed by atoms with Gasteiger partial charge in [0.25, 0.3) is 0 Å². The summed E-state index contributed by atoms with van der Waals surface area (Å²) in [5.41, 5.74) is 4.19. The molecular weight excluding hydrogens is 325 g/mol. The Labute approximate surface area is 120 Å². The Morgan fingerprint density at radius 2 is 1.88 bits per heavy atom. The molecule has 0 radical (unpaired) electrons. The molecule has 1 aromatic carbocycles. The maximum absolute atomic E-state index is 8.96. The third-order valence-corrected chi connectivity index (χ3v) is 3.72. The number of fused-ring (bicyclic) bond motifs is 1. The van der Waals surface area contributed by atoms with Crippen molar-refractivity contribution in [3.8, 4) is 0 Å². The van der Waals surface area contributed by atoms with Crippen molar-refractivity contribution < 1.29 is 33.7 Å². The molecular formula is C14H20INO. The number of para-hydroxylation sites is 1. The van der Waals surface area contributed by atoms with E-state index in [0.29, 0.717) is 0 Å². The molecule has 0 saturated carbocycles. The van der Waals surface area contributed by atoms with Crippen molar-refractivity contribution in [2.45, 2.75) is 32.6 Å². The molecule has 17 heavy (non-hydrogen) atoms. The first kappa shape index (κ1) is 14.6. The molecule has 0 aromatic heterocycles. The van der Waals surface area contributed by atoms with Gasteiger partial charge < -0.3 is 29.1 Å². The summed E-state index contributed by atoms with van der Waals surface area (Å²) in [6.45, 7) is 7.88. The monoisotopic (exact) mass is 345 g/mol. The van der Waals surface area contributed by atoms with Crippen molar-refractivity contribution in [1.82, 2.24) is 0 Å². The molecule has 0 spiro atoms. The minimum Gasteiger partial charge on any atom is -1.00 e. The Morgan fingerprint density at radius 3 is 2.53 bits per heavy atom. The molecule has 2 rings (SSSR count). The average Bonchev–Trinajstić information content (AvgIpc) is 2.47. The van der Waals surface area contributed by atoms with Crippen LogP contribution in [0.5, 0.6) is 0 Å². The summed E-state index contributed by atoms with van der Waals surface area (Å²) < 4.78 is 2.34. The first-order valence-corrected chi connectivity index (χ1v) is 5.91. The van der Waals surface area contributed by atoms with Crippen LogP contribution in [-0.4, -0.2) is 28.5 Å². The number of rotatable bonds is 3. The Balaban J connectivity index is 0.00000144. The van der Waals surface area contributed by atoms with Crippen LogP contribution in [0.25, 0.3) is 0 Å². The summed E-state index contributed by atoms with van der Waals surface area (Å²) in [5.74, 6) is 0. The van der Waals surface area contributed by atoms with E-state index in [1.807, 2.05) is 0 Å². The average molecular weight is 345 g/mol. The van der Waals surface area contributed by atoms with E-state index in [4.69, 9.17) is 5.11 Å². The van der Waals surface area contributed by atoms with Crippen LogP contribution in [-0.2, 0) is 5.41 Å². The highest BCUT2D eigenvalue weighted by molar-refractivity contribution is 5.93. The molecule has 0 unspecified atom stereocenters. The van der Waals surface area contributed by atoms with Crippen molar-refractivity contribution in [3.63, 3.8) is 0 Å². The number of benzene rings is 1. The van der Waals surface area contributed by atoms with Crippen LogP contribution in [0.2, 0.25) is 0 Å². The maximum Gasteiger partial charge on any atom is 0.209 e. The van der Waals surface area contributed by atoms with Crippen LogP contribution in [0.15, 0.2) is 24.3 Å². The molecule has 0 bridgehead atoms. The largest absolute Gasteiger partial charge is 1.00 e. The van der Waals surface area contributed by atoms with Gasteiger partial charge in [-0.15, -0.1) is 0 Å². The number of hydrogen-bond donors (Lipinski definition) is 1. The van der Waals surface area contributed by atoms with Crippen molar-refractivity contribution in [2.24, 2.45) is 0 Å². The van der Waals surface area contributed by atoms with Gasteiger partial charge in [-0.25, -0.2) is 0 Å². The van der Waals surface area contributed by atoms with Crippen LogP contribution in [0, 0.1) is 0 Å². The van der Waals surface area contributed by atoms with Gasteiger partial charge in [0, 0.05) is 31.6 Å². The standard InChI is InChI=1S/C14H20NO.HI/c1-11-14(2,3)12-7-4-5-8-13(12)15(11)9-6-10-16;/h4-5,7-8,16H,6,9-10H2,1-3H3;1H/q+1;/p-1. The van der Waals surface area contributed by atoms with Crippen molar-refractivity contribution >= 4 is 11.4 Å². The molecule has 1 heterocycles. The summed E-state index contributed by atoms with van der Waals surface area (Å²) in [4.78, 5) is 0. The summed E-state index contributed by atoms with van der Waals surface area (Å²) in [6, 6.07) is 8.56. The highest BCUT2D eigenvalue weighted by Crippen LogP contribution is 2.38. The second-order valence-corrected chi connectivity index (χ2v) is 4.96. The topological polar surface area (TPSA) is 23.2 Å². The Kier molecular flexibility index (Phi) is 4.72. The van der Waals surface area contributed by atoms with Gasteiger partial charge in [0.15, 0.2) is 12.3 Å². The molecule has 1 aromatic rings. The lowest BCUT2D eigenvalue weighted by atomic mass is 9.82. The molecule has 0 saturated heterocycles. The fourth-order valence-electron chi connectivity index (χ4n) is 2.47. The number of aliphatic hydroxyl groups excluding tert-OH is 1. The molecule has 0 fully saturated rings. The van der Waals surface area contributed by atoms with Crippen molar-refractivity contribution in [2.75, 3.05) is 13.2 Å². The third-order valence-electron chi connectivity index (χ3n) is 3.72. The first-order chi connectivity index (χ1) is 7.59. The van der Waals surface area contributed by atoms with E-state index < -0.39 is 0 Å². The van der Waals surface area contributed by atoms with Gasteiger partial charge in [-0.1, -0.05) is 18.2 Å². The van der Waals surface area contributed by atoms with E-state index in [9.17, 15) is 0 Å². The molecule has 1 aliphatic heterocycles. The molecule has 0 atom stereocenters. The van der Waals surface area contributed by atoms with E-state index in [2.05, 4.69) is 49.6 Å². The quantitative estimate of drug-likeness (QED) is 0.578. The van der Waals surface area contributed by atoms with Gasteiger partial charge in [0.05, 0.1) is 5.41 Å². The van der Waals surface area contributed by atoms with E-state index in [1.54, 1.807) is 0 Å². The summed E-state index contributed by atoms with van der Waals surface area (Å²) >= 11 is 0. The fraction of sp³-hybridized carbons (Fsp3) is 0.500. The van der Waals surface area contributed by atoms with Crippen molar-refractivity contribution in [1.29, 1.82) is 0 Å². The smallest absolute Gasteiger partial charge is 0.209 e. The molecule has 2 nitrogen and oxygen atoms in total. The molecule has 1 N–H and O–H groups in total. The zero-order valence-electron chi connectivity index (χ0n) is 10.7. The third kappa shape index (κ3) is 2.40. The van der Waals surface area contributed by atoms with Crippen LogP contribution >= 0.6 is 0 Å². The minimum absolute atomic E-state index is 0. The molecule has 1 aliphatic rings. The predicted octanol–water partition coefficient (Wildman–Crippen LogP) is -0.531. The SMILES string of the molecule is CC1=[N+](CCCO)c2ccccc2C1(C)C.[I-]. The van der Waals surface area contributed by atoms with Crippen LogP contribution in [0.3, 0.4) is 0 Å². The Hall–Kier alpha value is -0.420. The maximum atomic E-state index is 8.96. The van der Waals surface area contributed by atoms with Crippen LogP contribution in [0.1, 0.15) is 32.8 Å². The lowest BCUT2D eigenvalue weighted by molar-refractivity contribution is -0.440. The highest BCUT2D eigenvalue weighted by Gasteiger charge is 2.42. The zero-order chi connectivity index (χ0) is 11.8. The van der Waals surface area contributed by atoms with Gasteiger partial charge in [-0.3, -0.25) is 0 Å². The lowest BCUT2D eigenvalue weighted by Gasteiger charge is -2.14. The summed E-state index contributed by atoms with van der Waals surface area (Å²) in [5, 5.41) is 8.96. The fourth-order valence-corrected chi connectivity index (χ4v) is 2.47. The Morgan fingerprint density at radius 1 is 1.24 bits per heavy atom. The summed E-state index contributed by atoms with van der Waals surface area (Å²) in [6.07, 6.45) is 0.821. The highest BCUT2D eigenvalue weighted by atomic mass is 127. The zero-order valence-corrected chi connectivity index (χ0v) is 12.9. The van der Waals surface area contributed by atoms with Gasteiger partial charge in [-0.2, -0.15) is 4.58 Å². The number of hydrogen-bond acceptors (Lipinski definition) is 1. The number of aliphatic hydroxyl groups is 1. The van der Waals surface area contributed by atoms with Gasteiger partial charge in [-0.05, 0) is 13.8 Å². The second-order valence-electron chi connectivity index (χ2n) is 4.96. The first-order valence-electron chi connectivity index (χ1n) is 5.91.